The molecule has 170 valence electrons. The molecule has 0 spiro atoms. The van der Waals surface area contributed by atoms with Gasteiger partial charge in [0.15, 0.2) is 0 Å². The number of carboxylic acid groups (broad SMARTS) is 1. The lowest BCUT2D eigenvalue weighted by atomic mass is 9.82. The Kier molecular flexibility index (Phi) is 7.79. The summed E-state index contributed by atoms with van der Waals surface area (Å²) in [5, 5.41) is 19.1. The molecule has 2 heterocycles. The van der Waals surface area contributed by atoms with E-state index in [0.29, 0.717) is 35.9 Å². The number of amides is 1. The van der Waals surface area contributed by atoms with Crippen LogP contribution in [-0.2, 0) is 9.53 Å². The van der Waals surface area contributed by atoms with Crippen molar-refractivity contribution in [3.63, 3.8) is 0 Å². The number of carboxylic acids is 1. The molecule has 7 heteroatoms. The van der Waals surface area contributed by atoms with Crippen molar-refractivity contribution in [2.75, 3.05) is 18.1 Å². The maximum Gasteiger partial charge on any atom is 0.348 e. The molecule has 2 atom stereocenters. The quantitative estimate of drug-likeness (QED) is 0.635. The number of rotatable bonds is 6. The van der Waals surface area contributed by atoms with E-state index in [1.807, 2.05) is 20.8 Å². The molecular weight excluding hydrogens is 414 g/mol. The SMILES string of the molecule is CC(C)(C)C#Cc1cc(N2C(=O)[C@@H](CCCO)OC[C@H]2C2CCCCC2)c(C(=O)O)s1. The molecule has 1 saturated heterocycles. The van der Waals surface area contributed by atoms with Crippen LogP contribution in [0.4, 0.5) is 5.69 Å². The monoisotopic (exact) mass is 447 g/mol. The summed E-state index contributed by atoms with van der Waals surface area (Å²) in [6.45, 7) is 6.39. The van der Waals surface area contributed by atoms with Gasteiger partial charge in [-0.25, -0.2) is 4.79 Å². The number of aliphatic hydroxyl groups is 1. The number of hydrogen-bond donors (Lipinski definition) is 2. The first-order chi connectivity index (χ1) is 14.7. The van der Waals surface area contributed by atoms with Gasteiger partial charge in [0, 0.05) is 12.0 Å². The molecule has 1 aromatic heterocycles. The van der Waals surface area contributed by atoms with E-state index in [-0.39, 0.29) is 28.8 Å². The molecule has 1 aliphatic heterocycles. The Morgan fingerprint density at radius 2 is 2.00 bits per heavy atom. The fourth-order valence-electron chi connectivity index (χ4n) is 4.35. The molecule has 31 heavy (non-hydrogen) atoms. The number of carbonyl (C=O) groups excluding carboxylic acids is 1. The van der Waals surface area contributed by atoms with Gasteiger partial charge in [0.05, 0.1) is 23.2 Å². The normalized spacial score (nSPS) is 22.8. The highest BCUT2D eigenvalue weighted by Gasteiger charge is 2.42. The third-order valence-corrected chi connectivity index (χ3v) is 6.89. The standard InChI is InChI=1S/C24H33NO5S/c1-24(2,3)12-11-17-14-18(21(31-17)23(28)29)25-19(16-8-5-4-6-9-16)15-30-20(22(25)27)10-7-13-26/h14,16,19-20,26H,4-10,13,15H2,1-3H3,(H,28,29)/t19-,20+/m0/s1. The van der Waals surface area contributed by atoms with Crippen LogP contribution in [0, 0.1) is 23.2 Å². The Morgan fingerprint density at radius 1 is 1.29 bits per heavy atom. The van der Waals surface area contributed by atoms with Crippen molar-refractivity contribution in [1.82, 2.24) is 0 Å². The number of thiophene rings is 1. The summed E-state index contributed by atoms with van der Waals surface area (Å²) in [6.07, 6.45) is 5.71. The van der Waals surface area contributed by atoms with Crippen molar-refractivity contribution in [2.45, 2.75) is 77.9 Å². The number of carbonyl (C=O) groups is 2. The van der Waals surface area contributed by atoms with Gasteiger partial charge in [-0.1, -0.05) is 31.1 Å². The summed E-state index contributed by atoms with van der Waals surface area (Å²) in [7, 11) is 0. The first kappa shape index (κ1) is 23.8. The highest BCUT2D eigenvalue weighted by atomic mass is 32.1. The second-order valence-corrected chi connectivity index (χ2v) is 10.5. The van der Waals surface area contributed by atoms with Crippen molar-refractivity contribution < 1.29 is 24.5 Å². The van der Waals surface area contributed by atoms with Gasteiger partial charge < -0.3 is 19.8 Å². The highest BCUT2D eigenvalue weighted by molar-refractivity contribution is 7.15. The zero-order chi connectivity index (χ0) is 22.6. The number of aliphatic hydroxyl groups excluding tert-OH is 1. The molecule has 2 aliphatic rings. The summed E-state index contributed by atoms with van der Waals surface area (Å²) >= 11 is 1.12. The van der Waals surface area contributed by atoms with Crippen LogP contribution in [0.3, 0.4) is 0 Å². The third kappa shape index (κ3) is 5.88. The lowest BCUT2D eigenvalue weighted by Crippen LogP contribution is -2.57. The van der Waals surface area contributed by atoms with Crippen molar-refractivity contribution in [3.8, 4) is 11.8 Å². The van der Waals surface area contributed by atoms with Crippen molar-refractivity contribution in [3.05, 3.63) is 15.8 Å². The van der Waals surface area contributed by atoms with Gasteiger partial charge in [-0.05, 0) is 58.4 Å². The Balaban J connectivity index is 2.01. The van der Waals surface area contributed by atoms with E-state index in [2.05, 4.69) is 11.8 Å². The van der Waals surface area contributed by atoms with Crippen LogP contribution in [0.1, 0.15) is 80.3 Å². The van der Waals surface area contributed by atoms with Gasteiger partial charge in [0.2, 0.25) is 0 Å². The van der Waals surface area contributed by atoms with E-state index in [0.717, 1.165) is 37.0 Å². The predicted octanol–water partition coefficient (Wildman–Crippen LogP) is 4.30. The second kappa shape index (κ2) is 10.2. The average molecular weight is 448 g/mol. The van der Waals surface area contributed by atoms with Gasteiger partial charge in [0.25, 0.3) is 5.91 Å². The summed E-state index contributed by atoms with van der Waals surface area (Å²) in [5.74, 6) is 5.30. The Hall–Kier alpha value is -1.88. The third-order valence-electron chi connectivity index (χ3n) is 5.86. The fourth-order valence-corrected chi connectivity index (χ4v) is 5.19. The largest absolute Gasteiger partial charge is 0.477 e. The number of hydrogen-bond acceptors (Lipinski definition) is 5. The van der Waals surface area contributed by atoms with Gasteiger partial charge in [-0.3, -0.25) is 4.79 Å². The van der Waals surface area contributed by atoms with Crippen molar-refractivity contribution >= 4 is 28.9 Å². The minimum Gasteiger partial charge on any atom is -0.477 e. The van der Waals surface area contributed by atoms with Crippen LogP contribution in [0.15, 0.2) is 6.07 Å². The average Bonchev–Trinajstić information content (AvgIpc) is 3.15. The molecule has 2 fully saturated rings. The minimum absolute atomic E-state index is 0.00936. The Bertz CT molecular complexity index is 854. The Labute approximate surface area is 188 Å². The number of nitrogens with zero attached hydrogens (tertiary/aromatic N) is 1. The zero-order valence-corrected chi connectivity index (χ0v) is 19.5. The highest BCUT2D eigenvalue weighted by Crippen LogP contribution is 2.39. The van der Waals surface area contributed by atoms with Gasteiger partial charge in [-0.2, -0.15) is 0 Å². The summed E-state index contributed by atoms with van der Waals surface area (Å²) < 4.78 is 5.93. The summed E-state index contributed by atoms with van der Waals surface area (Å²) in [6, 6.07) is 1.59. The van der Waals surface area contributed by atoms with E-state index in [1.165, 1.54) is 6.42 Å². The van der Waals surface area contributed by atoms with Gasteiger partial charge in [-0.15, -0.1) is 11.3 Å². The first-order valence-corrected chi connectivity index (χ1v) is 12.0. The molecule has 0 unspecified atom stereocenters. The number of morpholine rings is 1. The van der Waals surface area contributed by atoms with E-state index < -0.39 is 12.1 Å². The van der Waals surface area contributed by atoms with Crippen LogP contribution < -0.4 is 4.90 Å². The first-order valence-electron chi connectivity index (χ1n) is 11.2. The topological polar surface area (TPSA) is 87.1 Å². The smallest absolute Gasteiger partial charge is 0.348 e. The number of anilines is 1. The molecule has 0 radical (unpaired) electrons. The van der Waals surface area contributed by atoms with Crippen LogP contribution >= 0.6 is 11.3 Å². The van der Waals surface area contributed by atoms with Crippen LogP contribution in [0.5, 0.6) is 0 Å². The molecule has 6 nitrogen and oxygen atoms in total. The van der Waals surface area contributed by atoms with E-state index in [4.69, 9.17) is 4.74 Å². The van der Waals surface area contributed by atoms with Crippen LogP contribution in [0.25, 0.3) is 0 Å². The maximum atomic E-state index is 13.5. The van der Waals surface area contributed by atoms with E-state index in [9.17, 15) is 19.8 Å². The van der Waals surface area contributed by atoms with E-state index in [1.54, 1.807) is 11.0 Å². The molecule has 0 bridgehead atoms. The number of ether oxygens (including phenoxy) is 1. The van der Waals surface area contributed by atoms with Crippen molar-refractivity contribution in [2.24, 2.45) is 11.3 Å². The minimum atomic E-state index is -1.04. The van der Waals surface area contributed by atoms with Crippen LogP contribution in [0.2, 0.25) is 0 Å². The molecule has 2 N–H and O–H groups in total. The van der Waals surface area contributed by atoms with Crippen LogP contribution in [-0.4, -0.2) is 47.4 Å². The zero-order valence-electron chi connectivity index (χ0n) is 18.6. The second-order valence-electron chi connectivity index (χ2n) is 9.49. The molecule has 1 amide bonds. The molecule has 1 saturated carbocycles. The lowest BCUT2D eigenvalue weighted by Gasteiger charge is -2.44. The molecular formula is C24H33NO5S. The van der Waals surface area contributed by atoms with Gasteiger partial charge in [0.1, 0.15) is 11.0 Å². The molecule has 1 aliphatic carbocycles. The van der Waals surface area contributed by atoms with E-state index >= 15 is 0 Å². The molecule has 0 aromatic carbocycles. The summed E-state index contributed by atoms with van der Waals surface area (Å²) in [4.78, 5) is 28.1. The fraction of sp³-hybridized carbons (Fsp3) is 0.667. The molecule has 1 aromatic rings. The van der Waals surface area contributed by atoms with Crippen molar-refractivity contribution in [1.29, 1.82) is 0 Å². The lowest BCUT2D eigenvalue weighted by molar-refractivity contribution is -0.138. The Morgan fingerprint density at radius 3 is 2.61 bits per heavy atom. The number of aromatic carboxylic acids is 1. The predicted molar refractivity (Wildman–Crippen MR) is 122 cm³/mol. The van der Waals surface area contributed by atoms with Gasteiger partial charge >= 0.3 is 5.97 Å². The maximum absolute atomic E-state index is 13.5. The molecule has 3 rings (SSSR count). The summed E-state index contributed by atoms with van der Waals surface area (Å²) in [5.41, 5.74) is 0.232.